The summed E-state index contributed by atoms with van der Waals surface area (Å²) in [7, 11) is 1.52. The summed E-state index contributed by atoms with van der Waals surface area (Å²) in [6.45, 7) is 6.93. The molecule has 170 valence electrons. The average Bonchev–Trinajstić information content (AvgIpc) is 3.07. The van der Waals surface area contributed by atoms with Crippen molar-refractivity contribution in [3.63, 3.8) is 0 Å². The van der Waals surface area contributed by atoms with Crippen LogP contribution in [0, 0.1) is 11.6 Å². The number of aromatic amines is 1. The third kappa shape index (κ3) is 6.01. The summed E-state index contributed by atoms with van der Waals surface area (Å²) in [4.78, 5) is 14.7. The number of amides is 1. The van der Waals surface area contributed by atoms with E-state index < -0.39 is 23.3 Å². The molecule has 0 bridgehead atoms. The van der Waals surface area contributed by atoms with Crippen molar-refractivity contribution in [2.24, 2.45) is 0 Å². The van der Waals surface area contributed by atoms with Gasteiger partial charge in [0.25, 0.3) is 0 Å². The van der Waals surface area contributed by atoms with E-state index in [4.69, 9.17) is 14.2 Å². The predicted octanol–water partition coefficient (Wildman–Crippen LogP) is 4.42. The molecule has 0 atom stereocenters. The van der Waals surface area contributed by atoms with Crippen LogP contribution in [0.3, 0.4) is 0 Å². The van der Waals surface area contributed by atoms with E-state index in [0.717, 1.165) is 6.07 Å². The number of hydrogen-bond acceptors (Lipinski definition) is 5. The van der Waals surface area contributed by atoms with Crippen molar-refractivity contribution in [3.05, 3.63) is 41.1 Å². The lowest BCUT2D eigenvalue weighted by Crippen LogP contribution is -2.45. The molecule has 31 heavy (non-hydrogen) atoms. The Morgan fingerprint density at radius 3 is 2.45 bits per heavy atom. The highest BCUT2D eigenvalue weighted by Gasteiger charge is 2.31. The van der Waals surface area contributed by atoms with Gasteiger partial charge in [-0.05, 0) is 45.7 Å². The van der Waals surface area contributed by atoms with Gasteiger partial charge in [0.2, 0.25) is 0 Å². The molecule has 1 N–H and O–H groups in total. The number of carbonyl (C=O) groups is 1. The number of ether oxygens (including phenoxy) is 3. The summed E-state index contributed by atoms with van der Waals surface area (Å²) in [5.74, 6) is -1.39. The molecular weight excluding hydrogens is 408 g/mol. The number of benzene rings is 1. The predicted molar refractivity (Wildman–Crippen MR) is 110 cm³/mol. The number of aromatic nitrogens is 2. The molecule has 0 radical (unpaired) electrons. The second-order valence-electron chi connectivity index (χ2n) is 8.57. The minimum atomic E-state index is -0.694. The van der Waals surface area contributed by atoms with E-state index in [1.165, 1.54) is 19.2 Å². The van der Waals surface area contributed by atoms with Gasteiger partial charge in [0.1, 0.15) is 17.2 Å². The van der Waals surface area contributed by atoms with Crippen LogP contribution in [-0.4, -0.2) is 53.2 Å². The van der Waals surface area contributed by atoms with E-state index in [1.807, 2.05) is 20.8 Å². The maximum atomic E-state index is 13.8. The Balaban J connectivity index is 1.94. The van der Waals surface area contributed by atoms with Crippen LogP contribution in [0.4, 0.5) is 13.6 Å². The molecule has 1 aliphatic heterocycles. The molecule has 1 aromatic heterocycles. The quantitative estimate of drug-likeness (QED) is 0.724. The van der Waals surface area contributed by atoms with Crippen molar-refractivity contribution < 1.29 is 27.8 Å². The minimum Gasteiger partial charge on any atom is -0.444 e. The summed E-state index contributed by atoms with van der Waals surface area (Å²) in [5, 5.41) is 7.21. The van der Waals surface area contributed by atoms with Gasteiger partial charge in [-0.1, -0.05) is 0 Å². The van der Waals surface area contributed by atoms with Crippen molar-refractivity contribution in [2.45, 2.75) is 58.4 Å². The normalized spacial score (nSPS) is 15.2. The van der Waals surface area contributed by atoms with Crippen LogP contribution in [0.25, 0.3) is 11.3 Å². The lowest BCUT2D eigenvalue weighted by molar-refractivity contribution is -0.00857. The highest BCUT2D eigenvalue weighted by atomic mass is 19.1. The number of halogens is 2. The minimum absolute atomic E-state index is 0.0580. The van der Waals surface area contributed by atoms with Gasteiger partial charge in [-0.15, -0.1) is 0 Å². The Bertz CT molecular complexity index is 884. The van der Waals surface area contributed by atoms with Crippen molar-refractivity contribution in [3.8, 4) is 11.3 Å². The van der Waals surface area contributed by atoms with Crippen molar-refractivity contribution in [1.82, 2.24) is 15.1 Å². The highest BCUT2D eigenvalue weighted by molar-refractivity contribution is 5.69. The standard InChI is InChI=1S/C22H29F2N3O4/c1-22(2,3)31-21(28)27(17-5-7-30-8-6-17)12-19-18(13-29-4)20(26-25-19)14-9-15(23)11-16(24)10-14/h9-11,17H,5-8,12-13H2,1-4H3,(H,25,26). The van der Waals surface area contributed by atoms with Crippen molar-refractivity contribution in [2.75, 3.05) is 20.3 Å². The Kier molecular flexibility index (Phi) is 7.27. The fourth-order valence-corrected chi connectivity index (χ4v) is 3.59. The lowest BCUT2D eigenvalue weighted by Gasteiger charge is -2.35. The van der Waals surface area contributed by atoms with Crippen LogP contribution >= 0.6 is 0 Å². The van der Waals surface area contributed by atoms with Crippen LogP contribution in [0.2, 0.25) is 0 Å². The van der Waals surface area contributed by atoms with Gasteiger partial charge in [0.15, 0.2) is 0 Å². The summed E-state index contributed by atoms with van der Waals surface area (Å²) in [6.07, 6.45) is 0.944. The van der Waals surface area contributed by atoms with Gasteiger partial charge in [-0.25, -0.2) is 13.6 Å². The molecule has 0 spiro atoms. The number of nitrogens with one attached hydrogen (secondary N) is 1. The molecule has 0 aliphatic carbocycles. The third-order valence-corrected chi connectivity index (χ3v) is 4.97. The molecule has 2 heterocycles. The molecule has 2 aromatic rings. The molecule has 1 fully saturated rings. The molecule has 1 amide bonds. The molecule has 1 saturated heterocycles. The fourth-order valence-electron chi connectivity index (χ4n) is 3.59. The molecule has 1 aliphatic rings. The van der Waals surface area contributed by atoms with Crippen molar-refractivity contribution in [1.29, 1.82) is 0 Å². The molecule has 0 unspecified atom stereocenters. The maximum Gasteiger partial charge on any atom is 0.410 e. The SMILES string of the molecule is COCc1c(-c2cc(F)cc(F)c2)n[nH]c1CN(C(=O)OC(C)(C)C)C1CCOCC1. The molecule has 3 rings (SSSR count). The molecule has 0 saturated carbocycles. The van der Waals surface area contributed by atoms with Gasteiger partial charge in [0.05, 0.1) is 24.5 Å². The average molecular weight is 437 g/mol. The molecule has 9 heteroatoms. The summed E-state index contributed by atoms with van der Waals surface area (Å²) in [6, 6.07) is 3.18. The summed E-state index contributed by atoms with van der Waals surface area (Å²) >= 11 is 0. The van der Waals surface area contributed by atoms with Crippen LogP contribution in [-0.2, 0) is 27.4 Å². The monoisotopic (exact) mass is 437 g/mol. The Hall–Kier alpha value is -2.52. The van der Waals surface area contributed by atoms with Crippen LogP contribution in [0.15, 0.2) is 18.2 Å². The smallest absolute Gasteiger partial charge is 0.410 e. The van der Waals surface area contributed by atoms with Gasteiger partial charge in [0, 0.05) is 43.6 Å². The van der Waals surface area contributed by atoms with E-state index in [0.29, 0.717) is 48.6 Å². The zero-order valence-corrected chi connectivity index (χ0v) is 18.3. The molecular formula is C22H29F2N3O4. The number of hydrogen-bond donors (Lipinski definition) is 1. The zero-order chi connectivity index (χ0) is 22.6. The molecule has 1 aromatic carbocycles. The first-order valence-electron chi connectivity index (χ1n) is 10.3. The number of nitrogens with zero attached hydrogens (tertiary/aromatic N) is 2. The number of H-pyrrole nitrogens is 1. The van der Waals surface area contributed by atoms with Crippen LogP contribution in [0.5, 0.6) is 0 Å². The first kappa shape index (κ1) is 23.1. The number of carbonyl (C=O) groups excluding carboxylic acids is 1. The van der Waals surface area contributed by atoms with E-state index in [2.05, 4.69) is 10.2 Å². The second kappa shape index (κ2) is 9.74. The second-order valence-corrected chi connectivity index (χ2v) is 8.57. The zero-order valence-electron chi connectivity index (χ0n) is 18.3. The third-order valence-electron chi connectivity index (χ3n) is 4.97. The Morgan fingerprint density at radius 1 is 1.23 bits per heavy atom. The highest BCUT2D eigenvalue weighted by Crippen LogP contribution is 2.29. The first-order valence-corrected chi connectivity index (χ1v) is 10.3. The summed E-state index contributed by atoms with van der Waals surface area (Å²) in [5.41, 5.74) is 1.29. The van der Waals surface area contributed by atoms with Gasteiger partial charge in [-0.2, -0.15) is 5.10 Å². The van der Waals surface area contributed by atoms with Gasteiger partial charge >= 0.3 is 6.09 Å². The summed E-state index contributed by atoms with van der Waals surface area (Å²) < 4.78 is 43.9. The van der Waals surface area contributed by atoms with E-state index in [-0.39, 0.29) is 19.2 Å². The Labute approximate surface area is 180 Å². The topological polar surface area (TPSA) is 76.7 Å². The van der Waals surface area contributed by atoms with Crippen LogP contribution < -0.4 is 0 Å². The maximum absolute atomic E-state index is 13.8. The molecule has 7 nitrogen and oxygen atoms in total. The number of methoxy groups -OCH3 is 1. The van der Waals surface area contributed by atoms with Crippen molar-refractivity contribution >= 4 is 6.09 Å². The van der Waals surface area contributed by atoms with E-state index in [1.54, 1.807) is 4.90 Å². The first-order chi connectivity index (χ1) is 14.7. The fraction of sp³-hybridized carbons (Fsp3) is 0.545. The van der Waals surface area contributed by atoms with Gasteiger partial charge in [-0.3, -0.25) is 10.00 Å². The Morgan fingerprint density at radius 2 is 1.87 bits per heavy atom. The van der Waals surface area contributed by atoms with E-state index >= 15 is 0 Å². The number of rotatable bonds is 6. The van der Waals surface area contributed by atoms with E-state index in [9.17, 15) is 13.6 Å². The van der Waals surface area contributed by atoms with Gasteiger partial charge < -0.3 is 14.2 Å². The largest absolute Gasteiger partial charge is 0.444 e. The lowest BCUT2D eigenvalue weighted by atomic mass is 10.0. The van der Waals surface area contributed by atoms with Crippen LogP contribution in [0.1, 0.15) is 44.9 Å².